The van der Waals surface area contributed by atoms with E-state index in [2.05, 4.69) is 13.0 Å². The third kappa shape index (κ3) is 2.17. The number of benzene rings is 1. The van der Waals surface area contributed by atoms with E-state index in [9.17, 15) is 4.79 Å². The Kier molecular flexibility index (Phi) is 3.52. The molecule has 0 atom stereocenters. The number of unbranched alkanes of at least 4 members (excludes halogenated alkanes) is 1. The fraction of sp³-hybridized carbons (Fsp3) is 0.429. The molecule has 0 saturated carbocycles. The fourth-order valence-corrected chi connectivity index (χ4v) is 2.20. The second-order valence-corrected chi connectivity index (χ2v) is 4.57. The Bertz CT molecular complexity index is 504. The van der Waals surface area contributed by atoms with Crippen LogP contribution >= 0.6 is 0 Å². The van der Waals surface area contributed by atoms with Crippen molar-refractivity contribution in [2.45, 2.75) is 19.8 Å². The molecule has 1 aromatic rings. The molecule has 4 nitrogen and oxygen atoms in total. The third-order valence-corrected chi connectivity index (χ3v) is 3.22. The largest absolute Gasteiger partial charge is 0.364 e. The van der Waals surface area contributed by atoms with E-state index in [4.69, 9.17) is 5.26 Å². The highest BCUT2D eigenvalue weighted by atomic mass is 16.2. The number of amides is 1. The van der Waals surface area contributed by atoms with Gasteiger partial charge in [0.2, 0.25) is 5.91 Å². The molecule has 4 heteroatoms. The van der Waals surface area contributed by atoms with Crippen LogP contribution in [0.25, 0.3) is 0 Å². The van der Waals surface area contributed by atoms with Gasteiger partial charge in [-0.3, -0.25) is 4.79 Å². The number of hydrogen-bond acceptors (Lipinski definition) is 3. The molecule has 1 heterocycles. The number of anilines is 2. The first-order chi connectivity index (χ1) is 8.67. The summed E-state index contributed by atoms with van der Waals surface area (Å²) in [4.78, 5) is 15.8. The van der Waals surface area contributed by atoms with Gasteiger partial charge in [-0.15, -0.1) is 0 Å². The predicted molar refractivity (Wildman–Crippen MR) is 71.7 cm³/mol. The van der Waals surface area contributed by atoms with Gasteiger partial charge in [-0.25, -0.2) is 0 Å². The first kappa shape index (κ1) is 12.4. The lowest BCUT2D eigenvalue weighted by Gasteiger charge is -2.35. The van der Waals surface area contributed by atoms with Crippen molar-refractivity contribution in [2.24, 2.45) is 0 Å². The highest BCUT2D eigenvalue weighted by Gasteiger charge is 2.26. The molecule has 0 N–H and O–H groups in total. The van der Waals surface area contributed by atoms with Gasteiger partial charge in [0.05, 0.1) is 29.6 Å². The number of rotatable bonds is 3. The summed E-state index contributed by atoms with van der Waals surface area (Å²) in [6, 6.07) is 7.62. The summed E-state index contributed by atoms with van der Waals surface area (Å²) >= 11 is 0. The third-order valence-electron chi connectivity index (χ3n) is 3.22. The van der Waals surface area contributed by atoms with E-state index in [1.54, 1.807) is 6.07 Å². The minimum Gasteiger partial charge on any atom is -0.364 e. The highest BCUT2D eigenvalue weighted by Crippen LogP contribution is 2.33. The van der Waals surface area contributed by atoms with Crippen LogP contribution in [-0.4, -0.2) is 26.0 Å². The van der Waals surface area contributed by atoms with Crippen molar-refractivity contribution in [2.75, 3.05) is 29.9 Å². The maximum absolute atomic E-state index is 12.0. The Balaban J connectivity index is 2.39. The smallest absolute Gasteiger partial charge is 0.246 e. The van der Waals surface area contributed by atoms with Crippen molar-refractivity contribution in [1.29, 1.82) is 5.26 Å². The molecule has 1 aliphatic rings. The van der Waals surface area contributed by atoms with Gasteiger partial charge >= 0.3 is 0 Å². The Morgan fingerprint density at radius 1 is 1.39 bits per heavy atom. The standard InChI is InChI=1S/C14H17N3O/c1-3-4-7-17-12-6-5-11(9-15)8-13(12)16(2)10-14(17)18/h5-6,8H,3-4,7,10H2,1-2H3. The van der Waals surface area contributed by atoms with Crippen LogP contribution in [0, 0.1) is 11.3 Å². The molecule has 0 unspecified atom stereocenters. The van der Waals surface area contributed by atoms with Gasteiger partial charge < -0.3 is 9.80 Å². The maximum atomic E-state index is 12.0. The molecule has 2 rings (SSSR count). The number of carbonyl (C=O) groups excluding carboxylic acids is 1. The minimum atomic E-state index is 0.128. The van der Waals surface area contributed by atoms with Gasteiger partial charge in [-0.2, -0.15) is 5.26 Å². The van der Waals surface area contributed by atoms with Gasteiger partial charge in [-0.05, 0) is 24.6 Å². The number of likely N-dealkylation sites (N-methyl/N-ethyl adjacent to an activating group) is 1. The summed E-state index contributed by atoms with van der Waals surface area (Å²) in [5, 5.41) is 8.94. The van der Waals surface area contributed by atoms with Crippen LogP contribution in [0.15, 0.2) is 18.2 Å². The lowest BCUT2D eigenvalue weighted by atomic mass is 10.1. The second kappa shape index (κ2) is 5.09. The molecule has 1 amide bonds. The van der Waals surface area contributed by atoms with Crippen LogP contribution in [0.4, 0.5) is 11.4 Å². The Hall–Kier alpha value is -2.02. The number of hydrogen-bond donors (Lipinski definition) is 0. The van der Waals surface area contributed by atoms with E-state index in [0.717, 1.165) is 30.8 Å². The molecule has 1 aliphatic heterocycles. The zero-order valence-corrected chi connectivity index (χ0v) is 10.8. The SMILES string of the molecule is CCCCN1C(=O)CN(C)c2cc(C#N)ccc21. The van der Waals surface area contributed by atoms with Crippen molar-refractivity contribution in [1.82, 2.24) is 0 Å². The van der Waals surface area contributed by atoms with Crippen LogP contribution in [0.2, 0.25) is 0 Å². The van der Waals surface area contributed by atoms with E-state index < -0.39 is 0 Å². The Morgan fingerprint density at radius 2 is 2.17 bits per heavy atom. The molecule has 0 spiro atoms. The summed E-state index contributed by atoms with van der Waals surface area (Å²) in [5.74, 6) is 0.128. The van der Waals surface area contributed by atoms with Gasteiger partial charge in [0.25, 0.3) is 0 Å². The summed E-state index contributed by atoms with van der Waals surface area (Å²) in [7, 11) is 1.88. The number of fused-ring (bicyclic) bond motifs is 1. The van der Waals surface area contributed by atoms with Crippen molar-refractivity contribution < 1.29 is 4.79 Å². The van der Waals surface area contributed by atoms with Crippen LogP contribution in [0.3, 0.4) is 0 Å². The van der Waals surface area contributed by atoms with Gasteiger partial charge in [-0.1, -0.05) is 13.3 Å². The molecule has 0 fully saturated rings. The predicted octanol–water partition coefficient (Wildman–Crippen LogP) is 2.14. The average Bonchev–Trinajstić information content (AvgIpc) is 2.38. The van der Waals surface area contributed by atoms with Crippen LogP contribution in [-0.2, 0) is 4.79 Å². The number of carbonyl (C=O) groups is 1. The summed E-state index contributed by atoms with van der Waals surface area (Å²) < 4.78 is 0. The zero-order valence-electron chi connectivity index (χ0n) is 10.8. The summed E-state index contributed by atoms with van der Waals surface area (Å²) in [6.45, 7) is 3.24. The fourth-order valence-electron chi connectivity index (χ4n) is 2.20. The van der Waals surface area contributed by atoms with Gasteiger partial charge in [0, 0.05) is 13.6 Å². The molecule has 0 aromatic heterocycles. The first-order valence-electron chi connectivity index (χ1n) is 6.23. The van der Waals surface area contributed by atoms with Crippen LogP contribution < -0.4 is 9.80 Å². The maximum Gasteiger partial charge on any atom is 0.246 e. The molecular weight excluding hydrogens is 226 g/mol. The topological polar surface area (TPSA) is 47.3 Å². The molecule has 0 aliphatic carbocycles. The molecule has 0 bridgehead atoms. The van der Waals surface area contributed by atoms with E-state index >= 15 is 0 Å². The first-order valence-corrected chi connectivity index (χ1v) is 6.23. The van der Waals surface area contributed by atoms with E-state index in [0.29, 0.717) is 12.1 Å². The molecule has 94 valence electrons. The van der Waals surface area contributed by atoms with Crippen LogP contribution in [0.1, 0.15) is 25.3 Å². The van der Waals surface area contributed by atoms with Crippen LogP contribution in [0.5, 0.6) is 0 Å². The lowest BCUT2D eigenvalue weighted by molar-refractivity contribution is -0.117. The lowest BCUT2D eigenvalue weighted by Crippen LogP contribution is -2.44. The van der Waals surface area contributed by atoms with E-state index in [1.165, 1.54) is 0 Å². The zero-order chi connectivity index (χ0) is 13.1. The van der Waals surface area contributed by atoms with E-state index in [1.807, 2.05) is 29.0 Å². The van der Waals surface area contributed by atoms with E-state index in [-0.39, 0.29) is 5.91 Å². The highest BCUT2D eigenvalue weighted by molar-refractivity contribution is 6.03. The molecular formula is C14H17N3O. The molecule has 1 aromatic carbocycles. The monoisotopic (exact) mass is 243 g/mol. The quantitative estimate of drug-likeness (QED) is 0.817. The van der Waals surface area contributed by atoms with Crippen molar-refractivity contribution in [3.63, 3.8) is 0 Å². The molecule has 0 radical (unpaired) electrons. The molecule has 0 saturated heterocycles. The second-order valence-electron chi connectivity index (χ2n) is 4.57. The Morgan fingerprint density at radius 3 is 2.83 bits per heavy atom. The van der Waals surface area contributed by atoms with Crippen molar-refractivity contribution in [3.05, 3.63) is 23.8 Å². The van der Waals surface area contributed by atoms with Gasteiger partial charge in [0.1, 0.15) is 0 Å². The summed E-state index contributed by atoms with van der Waals surface area (Å²) in [6.07, 6.45) is 2.06. The van der Waals surface area contributed by atoms with Gasteiger partial charge in [0.15, 0.2) is 0 Å². The normalized spacial score (nSPS) is 14.4. The molecule has 18 heavy (non-hydrogen) atoms. The van der Waals surface area contributed by atoms with Crippen molar-refractivity contribution >= 4 is 17.3 Å². The number of nitriles is 1. The van der Waals surface area contributed by atoms with Crippen molar-refractivity contribution in [3.8, 4) is 6.07 Å². The number of nitrogens with zero attached hydrogens (tertiary/aromatic N) is 3. The minimum absolute atomic E-state index is 0.128. The summed E-state index contributed by atoms with van der Waals surface area (Å²) in [5.41, 5.74) is 2.51. The Labute approximate surface area is 107 Å². The average molecular weight is 243 g/mol.